The van der Waals surface area contributed by atoms with Crippen LogP contribution in [0, 0.1) is 0 Å². The lowest BCUT2D eigenvalue weighted by molar-refractivity contribution is 0.408. The lowest BCUT2D eigenvalue weighted by Crippen LogP contribution is -2.17. The molecule has 19 heavy (non-hydrogen) atoms. The van der Waals surface area contributed by atoms with Crippen molar-refractivity contribution in [3.63, 3.8) is 0 Å². The number of hydrogen-bond acceptors (Lipinski definition) is 3. The summed E-state index contributed by atoms with van der Waals surface area (Å²) >= 11 is 4.96. The Morgan fingerprint density at radius 3 is 2.95 bits per heavy atom. The highest BCUT2D eigenvalue weighted by Gasteiger charge is 2.06. The third-order valence-corrected chi connectivity index (χ3v) is 3.16. The van der Waals surface area contributed by atoms with Crippen LogP contribution >= 0.6 is 12.2 Å². The van der Waals surface area contributed by atoms with Crippen molar-refractivity contribution in [1.29, 1.82) is 0 Å². The molecule has 0 aliphatic heterocycles. The van der Waals surface area contributed by atoms with Gasteiger partial charge in [-0.1, -0.05) is 30.4 Å². The highest BCUT2D eigenvalue weighted by atomic mass is 32.1. The maximum atomic E-state index is 5.62. The molecule has 0 atom stereocenters. The molecule has 1 aromatic carbocycles. The summed E-state index contributed by atoms with van der Waals surface area (Å²) in [6.07, 6.45) is 5.54. The smallest absolute Gasteiger partial charge is 0.167 e. The van der Waals surface area contributed by atoms with E-state index in [1.54, 1.807) is 13.3 Å². The Balaban J connectivity index is 1.96. The number of imidazole rings is 1. The number of benzene rings is 1. The van der Waals surface area contributed by atoms with Crippen LogP contribution in [0.3, 0.4) is 0 Å². The molecule has 2 rings (SSSR count). The molecule has 1 heterocycles. The van der Waals surface area contributed by atoms with Gasteiger partial charge in [0.25, 0.3) is 0 Å². The number of hydrogen-bond donors (Lipinski definition) is 1. The zero-order valence-electron chi connectivity index (χ0n) is 10.9. The number of nitrogens with zero attached hydrogens (tertiary/aromatic N) is 2. The number of para-hydroxylation sites is 1. The first-order valence-electron chi connectivity index (χ1n) is 6.15. The van der Waals surface area contributed by atoms with E-state index in [0.717, 1.165) is 25.1 Å². The maximum Gasteiger partial charge on any atom is 0.167 e. The summed E-state index contributed by atoms with van der Waals surface area (Å²) in [6, 6.07) is 8.06. The van der Waals surface area contributed by atoms with E-state index in [4.69, 9.17) is 22.7 Å². The monoisotopic (exact) mass is 275 g/mol. The number of methoxy groups -OCH3 is 1. The van der Waals surface area contributed by atoms with E-state index in [-0.39, 0.29) is 0 Å². The van der Waals surface area contributed by atoms with Crippen molar-refractivity contribution < 1.29 is 4.74 Å². The van der Waals surface area contributed by atoms with E-state index in [9.17, 15) is 0 Å². The Bertz CT molecular complexity index is 565. The quantitative estimate of drug-likeness (QED) is 0.821. The molecule has 2 N–H and O–H groups in total. The molecule has 0 aliphatic rings. The van der Waals surface area contributed by atoms with Gasteiger partial charge >= 0.3 is 0 Å². The lowest BCUT2D eigenvalue weighted by atomic mass is 10.1. The molecule has 0 saturated heterocycles. The SMILES string of the molecule is COc1ccccc1CCCn1ccnc1C(N)=S. The van der Waals surface area contributed by atoms with Crippen molar-refractivity contribution >= 4 is 17.2 Å². The molecular formula is C14H17N3OS. The van der Waals surface area contributed by atoms with Crippen LogP contribution in [-0.2, 0) is 13.0 Å². The largest absolute Gasteiger partial charge is 0.496 e. The standard InChI is InChI=1S/C14H17N3OS/c1-18-12-7-3-2-5-11(12)6-4-9-17-10-8-16-14(17)13(15)19/h2-3,5,7-8,10H,4,6,9H2,1H3,(H2,15,19). The first-order valence-corrected chi connectivity index (χ1v) is 6.56. The molecule has 2 aromatic rings. The van der Waals surface area contributed by atoms with Crippen LogP contribution in [0.2, 0.25) is 0 Å². The van der Waals surface area contributed by atoms with Gasteiger partial charge in [-0.25, -0.2) is 4.98 Å². The summed E-state index contributed by atoms with van der Waals surface area (Å²) in [6.45, 7) is 0.838. The average Bonchev–Trinajstić information content (AvgIpc) is 2.88. The molecule has 100 valence electrons. The van der Waals surface area contributed by atoms with Gasteiger partial charge in [0.1, 0.15) is 10.7 Å². The van der Waals surface area contributed by atoms with Crippen LogP contribution in [0.25, 0.3) is 0 Å². The summed E-state index contributed by atoms with van der Waals surface area (Å²) in [5.74, 6) is 1.61. The Labute approximate surface area is 118 Å². The predicted octanol–water partition coefficient (Wildman–Crippen LogP) is 2.16. The molecule has 0 bridgehead atoms. The number of aryl methyl sites for hydroxylation is 2. The molecule has 0 fully saturated rings. The number of aromatic nitrogens is 2. The molecule has 0 radical (unpaired) electrons. The second kappa shape index (κ2) is 6.33. The van der Waals surface area contributed by atoms with Crippen LogP contribution in [0.4, 0.5) is 0 Å². The van der Waals surface area contributed by atoms with Gasteiger partial charge in [0.05, 0.1) is 7.11 Å². The molecule has 4 nitrogen and oxygen atoms in total. The summed E-state index contributed by atoms with van der Waals surface area (Å²) in [4.78, 5) is 4.48. The van der Waals surface area contributed by atoms with Crippen LogP contribution < -0.4 is 10.5 Å². The fraction of sp³-hybridized carbons (Fsp3) is 0.286. The fourth-order valence-corrected chi connectivity index (χ4v) is 2.23. The van der Waals surface area contributed by atoms with E-state index in [0.29, 0.717) is 10.8 Å². The van der Waals surface area contributed by atoms with Crippen molar-refractivity contribution in [3.8, 4) is 5.75 Å². The average molecular weight is 275 g/mol. The molecule has 5 heteroatoms. The third kappa shape index (κ3) is 3.32. The van der Waals surface area contributed by atoms with E-state index in [1.807, 2.05) is 29.0 Å². The number of nitrogens with two attached hydrogens (primary N) is 1. The molecule has 0 amide bonds. The van der Waals surface area contributed by atoms with Crippen LogP contribution in [0.5, 0.6) is 5.75 Å². The summed E-state index contributed by atoms with van der Waals surface area (Å²) in [7, 11) is 1.69. The molecular weight excluding hydrogens is 258 g/mol. The Morgan fingerprint density at radius 1 is 1.42 bits per heavy atom. The summed E-state index contributed by atoms with van der Waals surface area (Å²) in [5, 5.41) is 0. The van der Waals surface area contributed by atoms with Gasteiger partial charge in [-0.2, -0.15) is 0 Å². The molecule has 1 aromatic heterocycles. The zero-order valence-corrected chi connectivity index (χ0v) is 11.7. The Hall–Kier alpha value is -1.88. The lowest BCUT2D eigenvalue weighted by Gasteiger charge is -2.09. The second-order valence-corrected chi connectivity index (χ2v) is 4.66. The number of thiocarbonyl (C=S) groups is 1. The summed E-state index contributed by atoms with van der Waals surface area (Å²) in [5.41, 5.74) is 6.83. The number of ether oxygens (including phenoxy) is 1. The van der Waals surface area contributed by atoms with Gasteiger partial charge in [0, 0.05) is 18.9 Å². The Morgan fingerprint density at radius 2 is 2.21 bits per heavy atom. The van der Waals surface area contributed by atoms with Gasteiger partial charge in [0.2, 0.25) is 0 Å². The van der Waals surface area contributed by atoms with Gasteiger partial charge in [-0.15, -0.1) is 0 Å². The fourth-order valence-electron chi connectivity index (χ4n) is 2.06. The van der Waals surface area contributed by atoms with Crippen molar-refractivity contribution in [3.05, 3.63) is 48.0 Å². The summed E-state index contributed by atoms with van der Waals surface area (Å²) < 4.78 is 7.32. The van der Waals surface area contributed by atoms with E-state index in [1.165, 1.54) is 5.56 Å². The normalized spacial score (nSPS) is 10.4. The first-order chi connectivity index (χ1) is 9.22. The van der Waals surface area contributed by atoms with Crippen molar-refractivity contribution in [2.24, 2.45) is 5.73 Å². The third-order valence-electron chi connectivity index (χ3n) is 2.97. The minimum absolute atomic E-state index is 0.335. The minimum atomic E-state index is 0.335. The topological polar surface area (TPSA) is 53.1 Å². The zero-order chi connectivity index (χ0) is 13.7. The molecule has 0 spiro atoms. The van der Waals surface area contributed by atoms with Crippen LogP contribution in [-0.4, -0.2) is 21.6 Å². The van der Waals surface area contributed by atoms with Gasteiger partial charge in [0.15, 0.2) is 5.82 Å². The molecule has 0 unspecified atom stereocenters. The predicted molar refractivity (Wildman–Crippen MR) is 79.4 cm³/mol. The number of rotatable bonds is 6. The van der Waals surface area contributed by atoms with Crippen molar-refractivity contribution in [2.45, 2.75) is 19.4 Å². The van der Waals surface area contributed by atoms with Crippen LogP contribution in [0.15, 0.2) is 36.7 Å². The first kappa shape index (κ1) is 13.5. The minimum Gasteiger partial charge on any atom is -0.496 e. The van der Waals surface area contributed by atoms with Gasteiger partial charge in [-0.05, 0) is 24.5 Å². The maximum absolute atomic E-state index is 5.62. The van der Waals surface area contributed by atoms with Gasteiger partial charge in [-0.3, -0.25) is 0 Å². The molecule has 0 saturated carbocycles. The van der Waals surface area contributed by atoms with E-state index >= 15 is 0 Å². The van der Waals surface area contributed by atoms with Gasteiger partial charge < -0.3 is 15.0 Å². The van der Waals surface area contributed by atoms with Crippen LogP contribution in [0.1, 0.15) is 17.8 Å². The highest BCUT2D eigenvalue weighted by molar-refractivity contribution is 7.80. The van der Waals surface area contributed by atoms with E-state index in [2.05, 4.69) is 11.1 Å². The van der Waals surface area contributed by atoms with Crippen molar-refractivity contribution in [1.82, 2.24) is 9.55 Å². The second-order valence-electron chi connectivity index (χ2n) is 4.22. The molecule has 0 aliphatic carbocycles. The highest BCUT2D eigenvalue weighted by Crippen LogP contribution is 2.19. The Kier molecular flexibility index (Phi) is 4.52. The van der Waals surface area contributed by atoms with E-state index < -0.39 is 0 Å². The van der Waals surface area contributed by atoms with Crippen molar-refractivity contribution in [2.75, 3.05) is 7.11 Å².